The molecule has 0 spiro atoms. The molecule has 0 amide bonds. The fourth-order valence-corrected chi connectivity index (χ4v) is 2.62. The number of hydrogen-bond acceptors (Lipinski definition) is 4. The summed E-state index contributed by atoms with van der Waals surface area (Å²) >= 11 is 0. The zero-order valence-electron chi connectivity index (χ0n) is 12.3. The van der Waals surface area contributed by atoms with Crippen LogP contribution in [0.2, 0.25) is 0 Å². The number of ether oxygens (including phenoxy) is 2. The minimum absolute atomic E-state index is 0.177. The molecule has 1 aromatic rings. The van der Waals surface area contributed by atoms with Gasteiger partial charge in [0.1, 0.15) is 11.7 Å². The van der Waals surface area contributed by atoms with Crippen LogP contribution in [0.15, 0.2) is 30.3 Å². The number of hydrogen-bond donors (Lipinski definition) is 1. The van der Waals surface area contributed by atoms with Crippen LogP contribution >= 0.6 is 0 Å². The molecule has 1 heterocycles. The average molecular weight is 278 g/mol. The summed E-state index contributed by atoms with van der Waals surface area (Å²) in [7, 11) is 0. The molecule has 1 aromatic carbocycles. The maximum atomic E-state index is 12.1. The normalized spacial score (nSPS) is 28.9. The van der Waals surface area contributed by atoms with Gasteiger partial charge in [-0.05, 0) is 45.7 Å². The van der Waals surface area contributed by atoms with Crippen LogP contribution in [0, 0.1) is 0 Å². The minimum atomic E-state index is -0.855. The molecule has 1 aliphatic heterocycles. The van der Waals surface area contributed by atoms with Gasteiger partial charge in [0, 0.05) is 0 Å². The summed E-state index contributed by atoms with van der Waals surface area (Å²) in [6, 6.07) is 8.87. The van der Waals surface area contributed by atoms with Crippen LogP contribution < -0.4 is 0 Å². The Morgan fingerprint density at radius 3 is 2.60 bits per heavy atom. The summed E-state index contributed by atoms with van der Waals surface area (Å²) in [6.45, 7) is 5.58. The van der Waals surface area contributed by atoms with Crippen molar-refractivity contribution in [3.8, 4) is 0 Å². The molecule has 0 aromatic heterocycles. The first kappa shape index (κ1) is 15.0. The van der Waals surface area contributed by atoms with Crippen molar-refractivity contribution in [1.29, 1.82) is 0 Å². The molecule has 1 fully saturated rings. The summed E-state index contributed by atoms with van der Waals surface area (Å²) in [5.74, 6) is -0.376. The number of aliphatic hydroxyl groups excluding tert-OH is 1. The lowest BCUT2D eigenvalue weighted by Gasteiger charge is -2.46. The van der Waals surface area contributed by atoms with E-state index in [1.54, 1.807) is 31.2 Å². The Balaban J connectivity index is 2.10. The van der Waals surface area contributed by atoms with Crippen LogP contribution in [0.5, 0.6) is 0 Å². The largest absolute Gasteiger partial charge is 0.456 e. The summed E-state index contributed by atoms with van der Waals surface area (Å²) in [4.78, 5) is 12.1. The van der Waals surface area contributed by atoms with Crippen molar-refractivity contribution >= 4 is 5.97 Å². The molecule has 1 aliphatic rings. The van der Waals surface area contributed by atoms with Crippen molar-refractivity contribution in [3.63, 3.8) is 0 Å². The highest BCUT2D eigenvalue weighted by atomic mass is 16.6. The molecule has 20 heavy (non-hydrogen) atoms. The Labute approximate surface area is 119 Å². The predicted molar refractivity (Wildman–Crippen MR) is 75.5 cm³/mol. The molecule has 2 rings (SSSR count). The van der Waals surface area contributed by atoms with E-state index < -0.39 is 11.7 Å². The topological polar surface area (TPSA) is 55.8 Å². The Morgan fingerprint density at radius 1 is 1.35 bits per heavy atom. The molecule has 0 aliphatic carbocycles. The molecule has 110 valence electrons. The van der Waals surface area contributed by atoms with Gasteiger partial charge >= 0.3 is 5.97 Å². The van der Waals surface area contributed by atoms with Crippen LogP contribution in [-0.2, 0) is 9.47 Å². The molecule has 4 heteroatoms. The first-order valence-electron chi connectivity index (χ1n) is 6.93. The van der Waals surface area contributed by atoms with Gasteiger partial charge in [0.25, 0.3) is 0 Å². The van der Waals surface area contributed by atoms with Crippen molar-refractivity contribution in [2.24, 2.45) is 0 Å². The van der Waals surface area contributed by atoms with Crippen molar-refractivity contribution in [1.82, 2.24) is 0 Å². The molecule has 1 N–H and O–H groups in total. The van der Waals surface area contributed by atoms with Gasteiger partial charge < -0.3 is 14.6 Å². The molecule has 0 bridgehead atoms. The zero-order valence-corrected chi connectivity index (χ0v) is 12.3. The fraction of sp³-hybridized carbons (Fsp3) is 0.562. The van der Waals surface area contributed by atoms with Gasteiger partial charge in [-0.25, -0.2) is 4.79 Å². The summed E-state index contributed by atoms with van der Waals surface area (Å²) in [6.07, 6.45) is 1.03. The maximum absolute atomic E-state index is 12.1. The molecular formula is C16H22O4. The summed E-state index contributed by atoms with van der Waals surface area (Å²) < 4.78 is 11.5. The number of benzene rings is 1. The minimum Gasteiger partial charge on any atom is -0.456 e. The van der Waals surface area contributed by atoms with Crippen molar-refractivity contribution in [3.05, 3.63) is 35.9 Å². The highest BCUT2D eigenvalue weighted by Gasteiger charge is 2.46. The number of carbonyl (C=O) groups excluding carboxylic acids is 1. The number of carbonyl (C=O) groups is 1. The first-order chi connectivity index (χ1) is 9.36. The van der Waals surface area contributed by atoms with Gasteiger partial charge in [-0.15, -0.1) is 0 Å². The monoisotopic (exact) mass is 278 g/mol. The van der Waals surface area contributed by atoms with Gasteiger partial charge in [-0.1, -0.05) is 18.2 Å². The van der Waals surface area contributed by atoms with Crippen LogP contribution in [-0.4, -0.2) is 35.0 Å². The van der Waals surface area contributed by atoms with E-state index >= 15 is 0 Å². The lowest BCUT2D eigenvalue weighted by molar-refractivity contribution is -0.229. The van der Waals surface area contributed by atoms with Gasteiger partial charge in [-0.2, -0.15) is 0 Å². The smallest absolute Gasteiger partial charge is 0.338 e. The van der Waals surface area contributed by atoms with E-state index in [9.17, 15) is 9.90 Å². The van der Waals surface area contributed by atoms with Crippen LogP contribution in [0.25, 0.3) is 0 Å². The van der Waals surface area contributed by atoms with Crippen LogP contribution in [0.1, 0.15) is 44.0 Å². The predicted octanol–water partition coefficient (Wildman–Crippen LogP) is 2.55. The lowest BCUT2D eigenvalue weighted by atomic mass is 9.85. The van der Waals surface area contributed by atoms with Crippen LogP contribution in [0.4, 0.5) is 0 Å². The molecule has 0 unspecified atom stereocenters. The molecule has 4 nitrogen and oxygen atoms in total. The van der Waals surface area contributed by atoms with Crippen molar-refractivity contribution in [2.75, 3.05) is 6.61 Å². The third-order valence-corrected chi connectivity index (χ3v) is 3.77. The van der Waals surface area contributed by atoms with E-state index in [0.717, 1.165) is 6.42 Å². The Morgan fingerprint density at radius 2 is 2.00 bits per heavy atom. The number of esters is 1. The van der Waals surface area contributed by atoms with Gasteiger partial charge in [0.05, 0.1) is 17.8 Å². The Kier molecular flexibility index (Phi) is 4.16. The maximum Gasteiger partial charge on any atom is 0.338 e. The van der Waals surface area contributed by atoms with Gasteiger partial charge in [-0.3, -0.25) is 0 Å². The van der Waals surface area contributed by atoms with E-state index in [1.807, 2.05) is 19.9 Å². The molecule has 0 radical (unpaired) electrons. The second-order valence-corrected chi connectivity index (χ2v) is 6.13. The van der Waals surface area contributed by atoms with Crippen molar-refractivity contribution < 1.29 is 19.4 Å². The zero-order chi connectivity index (χ0) is 14.8. The van der Waals surface area contributed by atoms with E-state index in [2.05, 4.69) is 0 Å². The van der Waals surface area contributed by atoms with Gasteiger partial charge in [0.2, 0.25) is 0 Å². The van der Waals surface area contributed by atoms with E-state index in [1.165, 1.54) is 0 Å². The highest BCUT2D eigenvalue weighted by molar-refractivity contribution is 5.89. The lowest BCUT2D eigenvalue weighted by Crippen LogP contribution is -2.56. The molecule has 0 saturated carbocycles. The fourth-order valence-electron chi connectivity index (χ4n) is 2.62. The Bertz CT molecular complexity index is 469. The number of aliphatic hydroxyl groups is 1. The second kappa shape index (κ2) is 5.54. The standard InChI is InChI=1S/C16H22O4/c1-15(2)10-9-13(16(3,11-17)20-15)19-14(18)12-7-5-4-6-8-12/h4-8,13,17H,9-11H2,1-3H3/t13-,16+/m0/s1. The SMILES string of the molecule is CC1(C)CC[C@H](OC(=O)c2ccccc2)[C@@](C)(CO)O1. The first-order valence-corrected chi connectivity index (χ1v) is 6.93. The second-order valence-electron chi connectivity index (χ2n) is 6.13. The molecular weight excluding hydrogens is 256 g/mol. The number of rotatable bonds is 3. The van der Waals surface area contributed by atoms with E-state index in [0.29, 0.717) is 12.0 Å². The summed E-state index contributed by atoms with van der Waals surface area (Å²) in [5, 5.41) is 9.62. The third kappa shape index (κ3) is 3.19. The summed E-state index contributed by atoms with van der Waals surface area (Å²) in [5.41, 5.74) is -0.656. The third-order valence-electron chi connectivity index (χ3n) is 3.77. The van der Waals surface area contributed by atoms with Crippen LogP contribution in [0.3, 0.4) is 0 Å². The molecule has 2 atom stereocenters. The highest BCUT2D eigenvalue weighted by Crippen LogP contribution is 2.37. The average Bonchev–Trinajstić information content (AvgIpc) is 2.42. The van der Waals surface area contributed by atoms with Gasteiger partial charge in [0.15, 0.2) is 0 Å². The van der Waals surface area contributed by atoms with E-state index in [4.69, 9.17) is 9.47 Å². The van der Waals surface area contributed by atoms with Crippen molar-refractivity contribution in [2.45, 2.75) is 50.9 Å². The van der Waals surface area contributed by atoms with E-state index in [-0.39, 0.29) is 18.2 Å². The molecule has 1 saturated heterocycles. The quantitative estimate of drug-likeness (QED) is 0.863. The Hall–Kier alpha value is -1.39.